The van der Waals surface area contributed by atoms with Gasteiger partial charge < -0.3 is 14.4 Å². The number of fused-ring (bicyclic) bond motifs is 1. The van der Waals surface area contributed by atoms with Crippen LogP contribution < -0.4 is 9.47 Å². The van der Waals surface area contributed by atoms with Gasteiger partial charge in [0.2, 0.25) is 6.79 Å². The van der Waals surface area contributed by atoms with Crippen LogP contribution in [0.4, 0.5) is 0 Å². The molecule has 4 heteroatoms. The first-order chi connectivity index (χ1) is 12.8. The number of rotatable bonds is 6. The Morgan fingerprint density at radius 2 is 1.69 bits per heavy atom. The van der Waals surface area contributed by atoms with Gasteiger partial charge in [0, 0.05) is 38.3 Å². The minimum Gasteiger partial charge on any atom is -0.454 e. The summed E-state index contributed by atoms with van der Waals surface area (Å²) in [5, 5.41) is 0. The molecule has 4 nitrogen and oxygen atoms in total. The van der Waals surface area contributed by atoms with E-state index in [1.807, 2.05) is 0 Å². The summed E-state index contributed by atoms with van der Waals surface area (Å²) in [7, 11) is 2.20. The Morgan fingerprint density at radius 1 is 0.885 bits per heavy atom. The number of benzene rings is 2. The van der Waals surface area contributed by atoms with Crippen molar-refractivity contribution in [1.29, 1.82) is 0 Å². The maximum Gasteiger partial charge on any atom is 0.231 e. The molecule has 0 aliphatic carbocycles. The first-order valence-corrected chi connectivity index (χ1v) is 9.65. The minimum absolute atomic E-state index is 0.346. The molecule has 2 aromatic rings. The lowest BCUT2D eigenvalue weighted by molar-refractivity contribution is 0.144. The highest BCUT2D eigenvalue weighted by Crippen LogP contribution is 2.38. The predicted octanol–water partition coefficient (Wildman–Crippen LogP) is 3.34. The molecule has 2 aliphatic heterocycles. The number of nitrogens with zero attached hydrogens (tertiary/aromatic N) is 2. The summed E-state index contributed by atoms with van der Waals surface area (Å²) >= 11 is 0. The molecular weight excluding hydrogens is 324 g/mol. The maximum absolute atomic E-state index is 5.84. The highest BCUT2D eigenvalue weighted by Gasteiger charge is 2.23. The average Bonchev–Trinajstić information content (AvgIpc) is 3.15. The Bertz CT molecular complexity index is 724. The van der Waals surface area contributed by atoms with Crippen LogP contribution in [-0.2, 0) is 19.4 Å². The normalized spacial score (nSPS) is 17.6. The van der Waals surface area contributed by atoms with Crippen LogP contribution in [0.3, 0.4) is 0 Å². The fourth-order valence-corrected chi connectivity index (χ4v) is 3.84. The molecule has 138 valence electrons. The van der Waals surface area contributed by atoms with Crippen molar-refractivity contribution in [2.75, 3.05) is 40.0 Å². The van der Waals surface area contributed by atoms with Gasteiger partial charge in [-0.2, -0.15) is 0 Å². The maximum atomic E-state index is 5.84. The monoisotopic (exact) mass is 352 g/mol. The van der Waals surface area contributed by atoms with E-state index >= 15 is 0 Å². The molecule has 1 saturated heterocycles. The third-order valence-corrected chi connectivity index (χ3v) is 5.47. The van der Waals surface area contributed by atoms with Crippen molar-refractivity contribution in [2.24, 2.45) is 0 Å². The zero-order chi connectivity index (χ0) is 17.8. The van der Waals surface area contributed by atoms with Crippen molar-refractivity contribution in [1.82, 2.24) is 9.80 Å². The number of hydrogen-bond acceptors (Lipinski definition) is 4. The predicted molar refractivity (Wildman–Crippen MR) is 104 cm³/mol. The fraction of sp³-hybridized carbons (Fsp3) is 0.455. The summed E-state index contributed by atoms with van der Waals surface area (Å²) in [6.07, 6.45) is 3.34. The van der Waals surface area contributed by atoms with E-state index in [0.717, 1.165) is 63.5 Å². The molecule has 26 heavy (non-hydrogen) atoms. The second-order valence-electron chi connectivity index (χ2n) is 7.36. The largest absolute Gasteiger partial charge is 0.454 e. The molecule has 2 heterocycles. The van der Waals surface area contributed by atoms with Gasteiger partial charge in [0.25, 0.3) is 0 Å². The van der Waals surface area contributed by atoms with Crippen LogP contribution in [-0.4, -0.2) is 49.8 Å². The van der Waals surface area contributed by atoms with E-state index in [9.17, 15) is 0 Å². The number of ether oxygens (including phenoxy) is 2. The topological polar surface area (TPSA) is 24.9 Å². The van der Waals surface area contributed by atoms with Gasteiger partial charge >= 0.3 is 0 Å². The second kappa shape index (κ2) is 8.11. The number of likely N-dealkylation sites (N-methyl/N-ethyl adjacent to an activating group) is 1. The highest BCUT2D eigenvalue weighted by atomic mass is 16.7. The first-order valence-electron chi connectivity index (χ1n) is 9.65. The Hall–Kier alpha value is -2.04. The smallest absolute Gasteiger partial charge is 0.231 e. The van der Waals surface area contributed by atoms with E-state index in [0.29, 0.717) is 6.79 Å². The Labute approximate surface area is 156 Å². The molecule has 0 N–H and O–H groups in total. The number of hydrogen-bond donors (Lipinski definition) is 0. The number of piperazine rings is 1. The van der Waals surface area contributed by atoms with Crippen molar-refractivity contribution < 1.29 is 9.47 Å². The molecule has 4 rings (SSSR count). The molecule has 0 saturated carbocycles. The molecule has 0 spiro atoms. The summed E-state index contributed by atoms with van der Waals surface area (Å²) in [6.45, 7) is 5.81. The molecule has 0 radical (unpaired) electrons. The Morgan fingerprint density at radius 3 is 2.50 bits per heavy atom. The van der Waals surface area contributed by atoms with Crippen molar-refractivity contribution in [3.8, 4) is 11.5 Å². The first kappa shape index (κ1) is 17.4. The molecule has 1 fully saturated rings. The lowest BCUT2D eigenvalue weighted by Crippen LogP contribution is -2.44. The summed E-state index contributed by atoms with van der Waals surface area (Å²) in [5.41, 5.74) is 4.15. The van der Waals surface area contributed by atoms with Crippen LogP contribution in [0.1, 0.15) is 23.1 Å². The molecule has 2 aliphatic rings. The quantitative estimate of drug-likeness (QED) is 0.796. The van der Waals surface area contributed by atoms with E-state index < -0.39 is 0 Å². The lowest BCUT2D eigenvalue weighted by atomic mass is 9.98. The molecule has 0 amide bonds. The highest BCUT2D eigenvalue weighted by molar-refractivity contribution is 5.52. The summed E-state index contributed by atoms with van der Waals surface area (Å²) in [4.78, 5) is 4.93. The van der Waals surface area contributed by atoms with Gasteiger partial charge in [-0.25, -0.2) is 0 Å². The van der Waals surface area contributed by atoms with Gasteiger partial charge in [0.05, 0.1) is 0 Å². The van der Waals surface area contributed by atoms with Crippen molar-refractivity contribution in [3.63, 3.8) is 0 Å². The SMILES string of the molecule is CN1CCN(Cc2c(CCCc3ccccc3)ccc3c2OCO3)CC1. The van der Waals surface area contributed by atoms with Crippen LogP contribution in [0.5, 0.6) is 11.5 Å². The molecular formula is C22H28N2O2. The third-order valence-electron chi connectivity index (χ3n) is 5.47. The fourth-order valence-electron chi connectivity index (χ4n) is 3.84. The lowest BCUT2D eigenvalue weighted by Gasteiger charge is -2.33. The molecule has 0 bridgehead atoms. The van der Waals surface area contributed by atoms with Gasteiger partial charge in [-0.05, 0) is 43.5 Å². The van der Waals surface area contributed by atoms with E-state index in [1.54, 1.807) is 0 Å². The van der Waals surface area contributed by atoms with Gasteiger partial charge in [0.1, 0.15) is 0 Å². The summed E-state index contributed by atoms with van der Waals surface area (Å²) in [5.74, 6) is 1.88. The molecule has 0 atom stereocenters. The average molecular weight is 352 g/mol. The van der Waals surface area contributed by atoms with Crippen molar-refractivity contribution >= 4 is 0 Å². The van der Waals surface area contributed by atoms with Crippen LogP contribution in [0, 0.1) is 0 Å². The summed E-state index contributed by atoms with van der Waals surface area (Å²) in [6, 6.07) is 15.1. The second-order valence-corrected chi connectivity index (χ2v) is 7.36. The molecule has 2 aromatic carbocycles. The standard InChI is InChI=1S/C22H28N2O2/c1-23-12-14-24(15-13-23)16-20-19(10-11-21-22(20)26-17-25-21)9-5-8-18-6-3-2-4-7-18/h2-4,6-7,10-11H,5,8-9,12-17H2,1H3. The van der Waals surface area contributed by atoms with Crippen LogP contribution in [0.25, 0.3) is 0 Å². The van der Waals surface area contributed by atoms with E-state index in [-0.39, 0.29) is 0 Å². The molecule has 0 aromatic heterocycles. The van der Waals surface area contributed by atoms with Crippen molar-refractivity contribution in [2.45, 2.75) is 25.8 Å². The van der Waals surface area contributed by atoms with Crippen LogP contribution in [0.2, 0.25) is 0 Å². The van der Waals surface area contributed by atoms with Crippen LogP contribution in [0.15, 0.2) is 42.5 Å². The third kappa shape index (κ3) is 4.02. The van der Waals surface area contributed by atoms with Gasteiger partial charge in [-0.15, -0.1) is 0 Å². The van der Waals surface area contributed by atoms with Crippen molar-refractivity contribution in [3.05, 3.63) is 59.2 Å². The summed E-state index contributed by atoms with van der Waals surface area (Å²) < 4.78 is 11.5. The van der Waals surface area contributed by atoms with E-state index in [4.69, 9.17) is 9.47 Å². The Balaban J connectivity index is 1.47. The zero-order valence-electron chi connectivity index (χ0n) is 15.6. The minimum atomic E-state index is 0.346. The van der Waals surface area contributed by atoms with Gasteiger partial charge in [-0.1, -0.05) is 36.4 Å². The Kier molecular flexibility index (Phi) is 5.42. The van der Waals surface area contributed by atoms with Crippen LogP contribution >= 0.6 is 0 Å². The molecule has 0 unspecified atom stereocenters. The van der Waals surface area contributed by atoms with Gasteiger partial charge in [0.15, 0.2) is 11.5 Å². The van der Waals surface area contributed by atoms with Gasteiger partial charge in [-0.3, -0.25) is 4.90 Å². The van der Waals surface area contributed by atoms with E-state index in [2.05, 4.69) is 59.3 Å². The van der Waals surface area contributed by atoms with E-state index in [1.165, 1.54) is 16.7 Å². The number of aryl methyl sites for hydroxylation is 2. The zero-order valence-corrected chi connectivity index (χ0v) is 15.6.